The van der Waals surface area contributed by atoms with Gasteiger partial charge in [0.2, 0.25) is 10.9 Å². The first-order chi connectivity index (χ1) is 18.5. The molecule has 4 aromatic rings. The molecule has 1 aromatic heterocycles. The molecule has 204 valence electrons. The number of nitrogens with one attached hydrogen (secondary N) is 1. The number of rotatable bonds is 8. The van der Waals surface area contributed by atoms with Crippen LogP contribution in [0, 0.1) is 5.82 Å². The molecule has 1 aliphatic rings. The third-order valence-corrected chi connectivity index (χ3v) is 8.60. The Labute approximate surface area is 226 Å². The molecule has 1 saturated carbocycles. The molecular weight excluding hydrogens is 545 g/mol. The number of nitrogen functional groups attached to an aromatic ring is 1. The van der Waals surface area contributed by atoms with Crippen molar-refractivity contribution in [3.05, 3.63) is 77.1 Å². The SMILES string of the molecule is CNC(=O)c1c(-c2ccc(F)cc2)oc2cc(N(Cc3ccc(N)c(S(C)(=O)=O)c3)[SH](=O)=O)c(C3CC3)cc12. The number of hydrogen-bond acceptors (Lipinski definition) is 7. The van der Waals surface area contributed by atoms with Crippen LogP contribution in [0.5, 0.6) is 0 Å². The topological polar surface area (TPSA) is 140 Å². The molecule has 1 fully saturated rings. The van der Waals surface area contributed by atoms with E-state index in [1.165, 1.54) is 47.8 Å². The van der Waals surface area contributed by atoms with Crippen LogP contribution < -0.4 is 15.4 Å². The molecule has 1 heterocycles. The zero-order chi connectivity index (χ0) is 28.1. The monoisotopic (exact) mass is 571 g/mol. The first kappa shape index (κ1) is 26.7. The smallest absolute Gasteiger partial charge is 0.255 e. The fraction of sp³-hybridized carbons (Fsp3) is 0.222. The Morgan fingerprint density at radius 2 is 1.82 bits per heavy atom. The second kappa shape index (κ2) is 10.0. The molecule has 9 nitrogen and oxygen atoms in total. The lowest BCUT2D eigenvalue weighted by molar-refractivity contribution is 0.0964. The van der Waals surface area contributed by atoms with E-state index < -0.39 is 32.5 Å². The summed E-state index contributed by atoms with van der Waals surface area (Å²) in [5.74, 6) is -0.519. The van der Waals surface area contributed by atoms with Crippen LogP contribution >= 0.6 is 0 Å². The van der Waals surface area contributed by atoms with Crippen molar-refractivity contribution < 1.29 is 30.4 Å². The highest BCUT2D eigenvalue weighted by molar-refractivity contribution is 7.90. The van der Waals surface area contributed by atoms with Gasteiger partial charge in [0.15, 0.2) is 9.84 Å². The number of thiol groups is 1. The van der Waals surface area contributed by atoms with Gasteiger partial charge in [0.05, 0.1) is 28.4 Å². The minimum Gasteiger partial charge on any atom is -0.455 e. The van der Waals surface area contributed by atoms with Crippen molar-refractivity contribution in [1.82, 2.24) is 5.32 Å². The summed E-state index contributed by atoms with van der Waals surface area (Å²) in [6.07, 6.45) is 2.73. The summed E-state index contributed by atoms with van der Waals surface area (Å²) in [5.41, 5.74) is 8.49. The molecule has 0 unspecified atom stereocenters. The van der Waals surface area contributed by atoms with Gasteiger partial charge in [-0.1, -0.05) is 6.07 Å². The molecule has 0 saturated heterocycles. The van der Waals surface area contributed by atoms with Crippen LogP contribution in [-0.4, -0.2) is 36.0 Å². The Kier molecular flexibility index (Phi) is 6.85. The van der Waals surface area contributed by atoms with Gasteiger partial charge < -0.3 is 15.5 Å². The quantitative estimate of drug-likeness (QED) is 0.215. The summed E-state index contributed by atoms with van der Waals surface area (Å²) in [6.45, 7) is -0.138. The number of nitrogens with zero attached hydrogens (tertiary/aromatic N) is 1. The first-order valence-electron chi connectivity index (χ1n) is 12.1. The summed E-state index contributed by atoms with van der Waals surface area (Å²) < 4.78 is 70.3. The van der Waals surface area contributed by atoms with E-state index in [0.717, 1.165) is 24.7 Å². The molecule has 39 heavy (non-hydrogen) atoms. The molecule has 0 radical (unpaired) electrons. The van der Waals surface area contributed by atoms with Crippen molar-refractivity contribution in [3.63, 3.8) is 0 Å². The van der Waals surface area contributed by atoms with Gasteiger partial charge in [-0.3, -0.25) is 9.10 Å². The number of sulfone groups is 1. The number of amides is 1. The average molecular weight is 572 g/mol. The van der Waals surface area contributed by atoms with Gasteiger partial charge >= 0.3 is 0 Å². The Bertz CT molecular complexity index is 1780. The van der Waals surface area contributed by atoms with Crippen LogP contribution in [0.25, 0.3) is 22.3 Å². The maximum absolute atomic E-state index is 13.6. The van der Waals surface area contributed by atoms with Crippen molar-refractivity contribution in [2.45, 2.75) is 30.2 Å². The second-order valence-corrected chi connectivity index (χ2v) is 12.5. The standard InChI is InChI=1S/C27H26FN3O6S2/c1-30-27(32)25-20-12-19(16-4-5-16)22(13-23(20)37-26(25)17-6-8-18(28)9-7-17)31(38(33)34)14-15-3-10-21(29)24(11-15)39(2,35)36/h3,6-13,16,38H,4-5,14,29H2,1-2H3,(H,30,32). The van der Waals surface area contributed by atoms with Crippen molar-refractivity contribution in [1.29, 1.82) is 0 Å². The van der Waals surface area contributed by atoms with Gasteiger partial charge in [-0.2, -0.15) is 0 Å². The van der Waals surface area contributed by atoms with E-state index in [0.29, 0.717) is 22.2 Å². The number of fused-ring (bicyclic) bond motifs is 1. The zero-order valence-corrected chi connectivity index (χ0v) is 22.8. The van der Waals surface area contributed by atoms with E-state index >= 15 is 0 Å². The minimum absolute atomic E-state index is 0.0741. The van der Waals surface area contributed by atoms with E-state index in [-0.39, 0.29) is 40.0 Å². The third kappa shape index (κ3) is 5.21. The normalized spacial score (nSPS) is 13.6. The fourth-order valence-electron chi connectivity index (χ4n) is 4.65. The second-order valence-electron chi connectivity index (χ2n) is 9.51. The molecule has 3 aromatic carbocycles. The van der Waals surface area contributed by atoms with E-state index in [4.69, 9.17) is 10.2 Å². The maximum atomic E-state index is 13.6. The first-order valence-corrected chi connectivity index (χ1v) is 15.1. The Morgan fingerprint density at radius 1 is 1.13 bits per heavy atom. The van der Waals surface area contributed by atoms with Gasteiger partial charge in [0.1, 0.15) is 17.2 Å². The highest BCUT2D eigenvalue weighted by Gasteiger charge is 2.32. The van der Waals surface area contributed by atoms with Gasteiger partial charge in [0.25, 0.3) is 5.91 Å². The van der Waals surface area contributed by atoms with Crippen molar-refractivity contribution in [2.75, 3.05) is 23.3 Å². The molecular formula is C27H26FN3O6S2. The van der Waals surface area contributed by atoms with E-state index in [9.17, 15) is 26.0 Å². The maximum Gasteiger partial charge on any atom is 0.255 e. The number of benzene rings is 3. The van der Waals surface area contributed by atoms with E-state index in [2.05, 4.69) is 5.32 Å². The lowest BCUT2D eigenvalue weighted by atomic mass is 10.00. The molecule has 0 aliphatic heterocycles. The number of furan rings is 1. The molecule has 12 heteroatoms. The Hall–Kier alpha value is -3.90. The van der Waals surface area contributed by atoms with Crippen LogP contribution in [0.15, 0.2) is 63.9 Å². The van der Waals surface area contributed by atoms with Crippen LogP contribution in [0.2, 0.25) is 0 Å². The minimum atomic E-state index is -3.63. The molecule has 1 amide bonds. The van der Waals surface area contributed by atoms with Crippen molar-refractivity contribution in [3.8, 4) is 11.3 Å². The third-order valence-electron chi connectivity index (χ3n) is 6.70. The van der Waals surface area contributed by atoms with Crippen molar-refractivity contribution in [2.24, 2.45) is 0 Å². The lowest BCUT2D eigenvalue weighted by Crippen LogP contribution is -2.22. The highest BCUT2D eigenvalue weighted by Crippen LogP contribution is 2.48. The Morgan fingerprint density at radius 3 is 2.41 bits per heavy atom. The summed E-state index contributed by atoms with van der Waals surface area (Å²) in [5, 5.41) is 3.12. The van der Waals surface area contributed by atoms with Gasteiger partial charge in [0, 0.05) is 30.3 Å². The van der Waals surface area contributed by atoms with Gasteiger partial charge in [-0.25, -0.2) is 21.2 Å². The predicted octanol–water partition coefficient (Wildman–Crippen LogP) is 3.99. The van der Waals surface area contributed by atoms with Crippen LogP contribution in [0.3, 0.4) is 0 Å². The van der Waals surface area contributed by atoms with E-state index in [1.54, 1.807) is 18.2 Å². The molecule has 0 spiro atoms. The highest BCUT2D eigenvalue weighted by atomic mass is 32.2. The number of nitrogens with two attached hydrogens (primary N) is 1. The molecule has 3 N–H and O–H groups in total. The lowest BCUT2D eigenvalue weighted by Gasteiger charge is -2.22. The average Bonchev–Trinajstić information content (AvgIpc) is 3.67. The summed E-state index contributed by atoms with van der Waals surface area (Å²) in [4.78, 5) is 12.9. The number of halogens is 1. The zero-order valence-electron chi connectivity index (χ0n) is 21.1. The van der Waals surface area contributed by atoms with Crippen LogP contribution in [0.1, 0.15) is 40.2 Å². The molecule has 1 aliphatic carbocycles. The predicted molar refractivity (Wildman–Crippen MR) is 147 cm³/mol. The molecule has 5 rings (SSSR count). The molecule has 0 atom stereocenters. The van der Waals surface area contributed by atoms with Gasteiger partial charge in [-0.05, 0) is 72.4 Å². The number of anilines is 2. The Balaban J connectivity index is 1.68. The number of hydrogen-bond donors (Lipinski definition) is 3. The van der Waals surface area contributed by atoms with Crippen LogP contribution in [-0.2, 0) is 27.3 Å². The summed E-state index contributed by atoms with van der Waals surface area (Å²) in [6, 6.07) is 13.3. The fourth-order valence-corrected chi connectivity index (χ4v) is 6.14. The summed E-state index contributed by atoms with van der Waals surface area (Å²) >= 11 is 0. The van der Waals surface area contributed by atoms with Crippen molar-refractivity contribution >= 4 is 49.0 Å². The number of carbonyl (C=O) groups is 1. The molecule has 0 bridgehead atoms. The van der Waals surface area contributed by atoms with E-state index in [1.807, 2.05) is 0 Å². The number of carbonyl (C=O) groups excluding carboxylic acids is 1. The van der Waals surface area contributed by atoms with Gasteiger partial charge in [-0.15, -0.1) is 0 Å². The summed E-state index contributed by atoms with van der Waals surface area (Å²) in [7, 11) is -5.29. The van der Waals surface area contributed by atoms with Crippen LogP contribution in [0.4, 0.5) is 15.8 Å². The largest absolute Gasteiger partial charge is 0.455 e.